The lowest BCUT2D eigenvalue weighted by molar-refractivity contribution is -0.384. The van der Waals surface area contributed by atoms with Gasteiger partial charge in [-0.25, -0.2) is 0 Å². The Kier molecular flexibility index (Phi) is 5.67. The zero-order valence-electron chi connectivity index (χ0n) is 12.1. The third-order valence-corrected chi connectivity index (χ3v) is 3.30. The van der Waals surface area contributed by atoms with Gasteiger partial charge < -0.3 is 9.73 Å². The molecule has 0 aliphatic heterocycles. The van der Waals surface area contributed by atoms with E-state index in [1.54, 1.807) is 18.2 Å². The molecule has 0 aliphatic rings. The summed E-state index contributed by atoms with van der Waals surface area (Å²) in [6.07, 6.45) is 1.46. The van der Waals surface area contributed by atoms with Gasteiger partial charge in [-0.15, -0.1) is 0 Å². The second kappa shape index (κ2) is 7.70. The van der Waals surface area contributed by atoms with Gasteiger partial charge in [-0.3, -0.25) is 15.5 Å². The van der Waals surface area contributed by atoms with E-state index in [-0.39, 0.29) is 10.7 Å². The number of nitro groups is 1. The summed E-state index contributed by atoms with van der Waals surface area (Å²) < 4.78 is 5.57. The molecule has 0 saturated carbocycles. The van der Waals surface area contributed by atoms with Crippen LogP contribution in [0.15, 0.2) is 39.9 Å². The van der Waals surface area contributed by atoms with E-state index in [0.717, 1.165) is 0 Å². The van der Waals surface area contributed by atoms with Crippen molar-refractivity contribution in [2.45, 2.75) is 6.92 Å². The Bertz CT molecular complexity index is 760. The number of rotatable bonds is 5. The van der Waals surface area contributed by atoms with E-state index in [1.165, 1.54) is 18.3 Å². The van der Waals surface area contributed by atoms with E-state index >= 15 is 0 Å². The van der Waals surface area contributed by atoms with Gasteiger partial charge in [0.1, 0.15) is 16.5 Å². The fourth-order valence-electron chi connectivity index (χ4n) is 1.74. The molecular weight excluding hydrogens is 340 g/mol. The van der Waals surface area contributed by atoms with Crippen LogP contribution in [0.2, 0.25) is 5.02 Å². The Morgan fingerprint density at radius 3 is 2.96 bits per heavy atom. The standard InChI is InChI=1S/C14H13ClN4O3S/c1-2-16-14(23)18-17-8-10-4-6-13(22-10)9-3-5-11(15)12(7-9)19(20)21/h3-8H,2H2,1H3,(H2,16,18,23)/b17-8+. The molecule has 9 heteroatoms. The Balaban J connectivity index is 2.13. The number of hydrogen-bond donors (Lipinski definition) is 2. The molecule has 0 atom stereocenters. The number of hydrazone groups is 1. The summed E-state index contributed by atoms with van der Waals surface area (Å²) in [5.74, 6) is 0.949. The van der Waals surface area contributed by atoms with Crippen LogP contribution >= 0.6 is 23.8 Å². The number of hydrogen-bond acceptors (Lipinski definition) is 5. The van der Waals surface area contributed by atoms with Crippen molar-refractivity contribution in [3.8, 4) is 11.3 Å². The van der Waals surface area contributed by atoms with E-state index in [4.69, 9.17) is 28.2 Å². The first-order valence-corrected chi connectivity index (χ1v) is 7.41. The third-order valence-electron chi connectivity index (χ3n) is 2.75. The molecule has 0 aliphatic carbocycles. The quantitative estimate of drug-likeness (QED) is 0.371. The molecule has 0 saturated heterocycles. The van der Waals surface area contributed by atoms with Gasteiger partial charge >= 0.3 is 0 Å². The van der Waals surface area contributed by atoms with Gasteiger partial charge in [0, 0.05) is 18.2 Å². The largest absolute Gasteiger partial charge is 0.455 e. The van der Waals surface area contributed by atoms with E-state index < -0.39 is 4.92 Å². The van der Waals surface area contributed by atoms with Crippen molar-refractivity contribution in [1.82, 2.24) is 10.7 Å². The van der Waals surface area contributed by atoms with E-state index in [2.05, 4.69) is 15.8 Å². The molecule has 1 aromatic carbocycles. The molecule has 0 amide bonds. The smallest absolute Gasteiger partial charge is 0.288 e. The molecule has 1 heterocycles. The summed E-state index contributed by atoms with van der Waals surface area (Å²) in [6.45, 7) is 2.61. The summed E-state index contributed by atoms with van der Waals surface area (Å²) in [5, 5.41) is 18.2. The van der Waals surface area contributed by atoms with Crippen molar-refractivity contribution < 1.29 is 9.34 Å². The average Bonchev–Trinajstić information content (AvgIpc) is 2.96. The van der Waals surface area contributed by atoms with Crippen molar-refractivity contribution in [1.29, 1.82) is 0 Å². The van der Waals surface area contributed by atoms with Crippen LogP contribution in [-0.4, -0.2) is 22.8 Å². The highest BCUT2D eigenvalue weighted by atomic mass is 35.5. The fraction of sp³-hybridized carbons (Fsp3) is 0.143. The molecule has 0 radical (unpaired) electrons. The van der Waals surface area contributed by atoms with Crippen LogP contribution in [0.25, 0.3) is 11.3 Å². The number of halogens is 1. The number of thiocarbonyl (C=S) groups is 1. The van der Waals surface area contributed by atoms with Crippen LogP contribution in [0.5, 0.6) is 0 Å². The van der Waals surface area contributed by atoms with Crippen molar-refractivity contribution in [2.24, 2.45) is 5.10 Å². The van der Waals surface area contributed by atoms with Gasteiger partial charge in [-0.1, -0.05) is 11.6 Å². The summed E-state index contributed by atoms with van der Waals surface area (Å²) in [7, 11) is 0. The summed E-state index contributed by atoms with van der Waals surface area (Å²) in [6, 6.07) is 7.85. The third kappa shape index (κ3) is 4.51. The van der Waals surface area contributed by atoms with Gasteiger partial charge in [0.25, 0.3) is 5.69 Å². The highest BCUT2D eigenvalue weighted by Crippen LogP contribution is 2.30. The van der Waals surface area contributed by atoms with Crippen LogP contribution < -0.4 is 10.7 Å². The van der Waals surface area contributed by atoms with Gasteiger partial charge in [0.05, 0.1) is 11.1 Å². The predicted octanol–water partition coefficient (Wildman–Crippen LogP) is 3.33. The lowest BCUT2D eigenvalue weighted by atomic mass is 10.1. The normalized spacial score (nSPS) is 10.7. The molecule has 120 valence electrons. The molecule has 23 heavy (non-hydrogen) atoms. The second-order valence-electron chi connectivity index (χ2n) is 4.35. The van der Waals surface area contributed by atoms with Gasteiger partial charge in [0.2, 0.25) is 0 Å². The van der Waals surface area contributed by atoms with Gasteiger partial charge in [-0.05, 0) is 43.4 Å². The summed E-state index contributed by atoms with van der Waals surface area (Å²) >= 11 is 10.7. The minimum absolute atomic E-state index is 0.0771. The van der Waals surface area contributed by atoms with Gasteiger partial charge in [0.15, 0.2) is 5.11 Å². The molecule has 2 N–H and O–H groups in total. The fourth-order valence-corrected chi connectivity index (χ4v) is 2.12. The maximum Gasteiger partial charge on any atom is 0.288 e. The average molecular weight is 353 g/mol. The monoisotopic (exact) mass is 352 g/mol. The highest BCUT2D eigenvalue weighted by Gasteiger charge is 2.15. The van der Waals surface area contributed by atoms with E-state index in [9.17, 15) is 10.1 Å². The summed E-state index contributed by atoms with van der Waals surface area (Å²) in [4.78, 5) is 10.4. The maximum atomic E-state index is 10.9. The van der Waals surface area contributed by atoms with Crippen molar-refractivity contribution >= 4 is 40.8 Å². The molecule has 2 aromatic rings. The van der Waals surface area contributed by atoms with Crippen LogP contribution in [-0.2, 0) is 0 Å². The van der Waals surface area contributed by atoms with E-state index in [1.807, 2.05) is 6.92 Å². The SMILES string of the molecule is CCNC(=S)N/N=C/c1ccc(-c2ccc(Cl)c([N+](=O)[O-])c2)o1. The molecule has 0 fully saturated rings. The zero-order valence-corrected chi connectivity index (χ0v) is 13.6. The van der Waals surface area contributed by atoms with Crippen LogP contribution in [0.1, 0.15) is 12.7 Å². The number of furan rings is 1. The Morgan fingerprint density at radius 1 is 1.48 bits per heavy atom. The van der Waals surface area contributed by atoms with Crippen molar-refractivity contribution in [3.63, 3.8) is 0 Å². The van der Waals surface area contributed by atoms with E-state index in [0.29, 0.717) is 28.7 Å². The number of nitrogens with one attached hydrogen (secondary N) is 2. The predicted molar refractivity (Wildman–Crippen MR) is 92.8 cm³/mol. The number of nitro benzene ring substituents is 1. The summed E-state index contributed by atoms with van der Waals surface area (Å²) in [5.41, 5.74) is 3.02. The highest BCUT2D eigenvalue weighted by molar-refractivity contribution is 7.80. The molecular formula is C14H13ClN4O3S. The minimum atomic E-state index is -0.539. The molecule has 2 rings (SSSR count). The van der Waals surface area contributed by atoms with Crippen molar-refractivity contribution in [2.75, 3.05) is 6.54 Å². The van der Waals surface area contributed by atoms with Crippen molar-refractivity contribution in [3.05, 3.63) is 51.2 Å². The Labute approximate surface area is 142 Å². The zero-order chi connectivity index (χ0) is 16.8. The Morgan fingerprint density at radius 2 is 2.26 bits per heavy atom. The molecule has 0 unspecified atom stereocenters. The molecule has 0 bridgehead atoms. The lowest BCUT2D eigenvalue weighted by Crippen LogP contribution is -2.31. The first-order chi connectivity index (χ1) is 11.0. The molecule has 1 aromatic heterocycles. The molecule has 7 nitrogen and oxygen atoms in total. The van der Waals surface area contributed by atoms with Crippen LogP contribution in [0, 0.1) is 10.1 Å². The minimum Gasteiger partial charge on any atom is -0.455 e. The first-order valence-electron chi connectivity index (χ1n) is 6.62. The maximum absolute atomic E-state index is 10.9. The second-order valence-corrected chi connectivity index (χ2v) is 5.17. The number of benzene rings is 1. The van der Waals surface area contributed by atoms with Crippen LogP contribution in [0.3, 0.4) is 0 Å². The lowest BCUT2D eigenvalue weighted by Gasteiger charge is -2.01. The Hall–Kier alpha value is -2.45. The number of nitrogens with zero attached hydrogens (tertiary/aromatic N) is 2. The van der Waals surface area contributed by atoms with Gasteiger partial charge in [-0.2, -0.15) is 5.10 Å². The topological polar surface area (TPSA) is 92.7 Å². The molecule has 0 spiro atoms. The first kappa shape index (κ1) is 16.9. The van der Waals surface area contributed by atoms with Crippen LogP contribution in [0.4, 0.5) is 5.69 Å².